The Morgan fingerprint density at radius 3 is 2.65 bits per heavy atom. The Hall–Kier alpha value is -2.17. The van der Waals surface area contributed by atoms with Crippen LogP contribution in [-0.4, -0.2) is 36.1 Å². The van der Waals surface area contributed by atoms with Gasteiger partial charge in [-0.2, -0.15) is 0 Å². The summed E-state index contributed by atoms with van der Waals surface area (Å²) in [5.74, 6) is -0.929. The molecule has 0 aliphatic carbocycles. The van der Waals surface area contributed by atoms with Crippen LogP contribution in [0.15, 0.2) is 29.3 Å². The molecule has 0 aromatic heterocycles. The van der Waals surface area contributed by atoms with Crippen molar-refractivity contribution in [1.29, 1.82) is 5.41 Å². The van der Waals surface area contributed by atoms with Crippen LogP contribution in [0.25, 0.3) is 0 Å². The molecule has 0 saturated heterocycles. The largest absolute Gasteiger partial charge is 0.480 e. The molecule has 1 rings (SSSR count). The van der Waals surface area contributed by atoms with Crippen molar-refractivity contribution in [2.45, 2.75) is 6.92 Å². The fourth-order valence-electron chi connectivity index (χ4n) is 1.50. The first-order valence-corrected chi connectivity index (χ1v) is 5.13. The molecule has 90 valence electrons. The van der Waals surface area contributed by atoms with Gasteiger partial charge in [0, 0.05) is 18.3 Å². The summed E-state index contributed by atoms with van der Waals surface area (Å²) in [5.41, 5.74) is 2.31. The van der Waals surface area contributed by atoms with E-state index in [0.717, 1.165) is 5.56 Å². The van der Waals surface area contributed by atoms with Crippen LogP contribution >= 0.6 is 0 Å². The summed E-state index contributed by atoms with van der Waals surface area (Å²) < 4.78 is 0. The van der Waals surface area contributed by atoms with Gasteiger partial charge in [-0.3, -0.25) is 9.79 Å². The number of nitrogens with zero attached hydrogens (tertiary/aromatic N) is 1. The highest BCUT2D eigenvalue weighted by atomic mass is 16.4. The van der Waals surface area contributed by atoms with Crippen LogP contribution in [0.4, 0.5) is 5.69 Å². The second-order valence-corrected chi connectivity index (χ2v) is 3.49. The second-order valence-electron chi connectivity index (χ2n) is 3.49. The van der Waals surface area contributed by atoms with Crippen LogP contribution in [0.1, 0.15) is 12.5 Å². The molecule has 17 heavy (non-hydrogen) atoms. The van der Waals surface area contributed by atoms with Gasteiger partial charge in [0.2, 0.25) is 0 Å². The standard InChI is InChI=1S/C12H15N3O2/c1-8(13)12(14-2)9-5-3-4-6-10(9)15-7-11(16)17/h3-6,13,15H,7H2,1-2H3,(H,16,17). The predicted molar refractivity (Wildman–Crippen MR) is 68.4 cm³/mol. The monoisotopic (exact) mass is 233 g/mol. The molecule has 0 amide bonds. The number of hydrogen-bond donors (Lipinski definition) is 3. The third kappa shape index (κ3) is 3.41. The molecular formula is C12H15N3O2. The van der Waals surface area contributed by atoms with E-state index in [-0.39, 0.29) is 6.54 Å². The van der Waals surface area contributed by atoms with E-state index in [9.17, 15) is 4.79 Å². The summed E-state index contributed by atoms with van der Waals surface area (Å²) in [4.78, 5) is 14.6. The van der Waals surface area contributed by atoms with Gasteiger partial charge in [0.05, 0.1) is 11.4 Å². The molecule has 0 radical (unpaired) electrons. The maximum Gasteiger partial charge on any atom is 0.322 e. The lowest BCUT2D eigenvalue weighted by Gasteiger charge is -2.11. The minimum atomic E-state index is -0.929. The second kappa shape index (κ2) is 5.79. The normalized spacial score (nSPS) is 11.1. The highest BCUT2D eigenvalue weighted by Crippen LogP contribution is 2.16. The quantitative estimate of drug-likeness (QED) is 0.676. The van der Waals surface area contributed by atoms with E-state index < -0.39 is 5.97 Å². The number of para-hydroxylation sites is 1. The number of aliphatic carboxylic acids is 1. The molecule has 0 bridgehead atoms. The van der Waals surface area contributed by atoms with Gasteiger partial charge in [-0.05, 0) is 13.0 Å². The highest BCUT2D eigenvalue weighted by Gasteiger charge is 2.10. The maximum absolute atomic E-state index is 10.5. The third-order valence-electron chi connectivity index (χ3n) is 2.19. The number of carboxylic acid groups (broad SMARTS) is 1. The van der Waals surface area contributed by atoms with Crippen LogP contribution < -0.4 is 5.32 Å². The average Bonchev–Trinajstić information content (AvgIpc) is 2.28. The van der Waals surface area contributed by atoms with Crippen molar-refractivity contribution in [2.75, 3.05) is 18.9 Å². The summed E-state index contributed by atoms with van der Waals surface area (Å²) >= 11 is 0. The molecule has 0 unspecified atom stereocenters. The van der Waals surface area contributed by atoms with Crippen molar-refractivity contribution in [3.63, 3.8) is 0 Å². The fourth-order valence-corrected chi connectivity index (χ4v) is 1.50. The van der Waals surface area contributed by atoms with Crippen LogP contribution in [0.2, 0.25) is 0 Å². The third-order valence-corrected chi connectivity index (χ3v) is 2.19. The number of carbonyl (C=O) groups is 1. The Morgan fingerprint density at radius 1 is 1.47 bits per heavy atom. The first-order valence-electron chi connectivity index (χ1n) is 5.13. The summed E-state index contributed by atoms with van der Waals surface area (Å²) in [6, 6.07) is 7.21. The lowest BCUT2D eigenvalue weighted by atomic mass is 10.0. The van der Waals surface area contributed by atoms with Gasteiger partial charge in [0.25, 0.3) is 0 Å². The van der Waals surface area contributed by atoms with Gasteiger partial charge >= 0.3 is 5.97 Å². The molecule has 1 aromatic rings. The summed E-state index contributed by atoms with van der Waals surface area (Å²) in [6.07, 6.45) is 0. The number of nitrogens with one attached hydrogen (secondary N) is 2. The Bertz CT molecular complexity index is 467. The van der Waals surface area contributed by atoms with Gasteiger partial charge in [-0.1, -0.05) is 18.2 Å². The van der Waals surface area contributed by atoms with Crippen molar-refractivity contribution in [2.24, 2.45) is 4.99 Å². The van der Waals surface area contributed by atoms with E-state index in [0.29, 0.717) is 17.1 Å². The summed E-state index contributed by atoms with van der Waals surface area (Å²) in [7, 11) is 1.61. The van der Waals surface area contributed by atoms with E-state index in [1.807, 2.05) is 12.1 Å². The zero-order chi connectivity index (χ0) is 12.8. The fraction of sp³-hybridized carbons (Fsp3) is 0.250. The van der Waals surface area contributed by atoms with Crippen molar-refractivity contribution >= 4 is 23.1 Å². The predicted octanol–water partition coefficient (Wildman–Crippen LogP) is 1.64. The molecule has 0 spiro atoms. The van der Waals surface area contributed by atoms with E-state index in [2.05, 4.69) is 10.3 Å². The topological polar surface area (TPSA) is 85.5 Å². The van der Waals surface area contributed by atoms with Crippen molar-refractivity contribution in [1.82, 2.24) is 0 Å². The smallest absolute Gasteiger partial charge is 0.322 e. The minimum Gasteiger partial charge on any atom is -0.480 e. The molecule has 5 heteroatoms. The Balaban J connectivity index is 3.07. The lowest BCUT2D eigenvalue weighted by molar-refractivity contribution is -0.134. The molecular weight excluding hydrogens is 218 g/mol. The molecule has 3 N–H and O–H groups in total. The first-order chi connectivity index (χ1) is 8.06. The molecule has 0 atom stereocenters. The van der Waals surface area contributed by atoms with E-state index in [4.69, 9.17) is 10.5 Å². The van der Waals surface area contributed by atoms with Crippen molar-refractivity contribution in [3.8, 4) is 0 Å². The van der Waals surface area contributed by atoms with Crippen LogP contribution in [-0.2, 0) is 4.79 Å². The minimum absolute atomic E-state index is 0.162. The molecule has 0 heterocycles. The van der Waals surface area contributed by atoms with E-state index >= 15 is 0 Å². The van der Waals surface area contributed by atoms with Crippen molar-refractivity contribution in [3.05, 3.63) is 29.8 Å². The van der Waals surface area contributed by atoms with Crippen molar-refractivity contribution < 1.29 is 9.90 Å². The van der Waals surface area contributed by atoms with E-state index in [1.54, 1.807) is 26.1 Å². The Kier molecular flexibility index (Phi) is 4.39. The molecule has 1 aromatic carbocycles. The molecule has 0 aliphatic heterocycles. The van der Waals surface area contributed by atoms with Crippen LogP contribution in [0.3, 0.4) is 0 Å². The average molecular weight is 233 g/mol. The molecule has 0 fully saturated rings. The van der Waals surface area contributed by atoms with E-state index in [1.165, 1.54) is 0 Å². The van der Waals surface area contributed by atoms with Crippen LogP contribution in [0, 0.1) is 5.41 Å². The lowest BCUT2D eigenvalue weighted by Crippen LogP contribution is -2.17. The summed E-state index contributed by atoms with van der Waals surface area (Å²) in [6.45, 7) is 1.49. The number of rotatable bonds is 5. The maximum atomic E-state index is 10.5. The zero-order valence-electron chi connectivity index (χ0n) is 9.82. The number of benzene rings is 1. The Morgan fingerprint density at radius 2 is 2.12 bits per heavy atom. The highest BCUT2D eigenvalue weighted by molar-refractivity contribution is 6.47. The van der Waals surface area contributed by atoms with Gasteiger partial charge < -0.3 is 15.8 Å². The van der Waals surface area contributed by atoms with Gasteiger partial charge in [0.1, 0.15) is 6.54 Å². The van der Waals surface area contributed by atoms with Gasteiger partial charge in [-0.15, -0.1) is 0 Å². The molecule has 5 nitrogen and oxygen atoms in total. The Labute approximate surface area is 99.7 Å². The number of carboxylic acids is 1. The van der Waals surface area contributed by atoms with Gasteiger partial charge in [-0.25, -0.2) is 0 Å². The molecule has 0 aliphatic rings. The van der Waals surface area contributed by atoms with Crippen LogP contribution in [0.5, 0.6) is 0 Å². The van der Waals surface area contributed by atoms with Gasteiger partial charge in [0.15, 0.2) is 0 Å². The number of anilines is 1. The summed E-state index contributed by atoms with van der Waals surface area (Å²) in [5, 5.41) is 19.1. The SMILES string of the molecule is CN=C(C(C)=N)c1ccccc1NCC(=O)O. The number of hydrogen-bond acceptors (Lipinski definition) is 4. The zero-order valence-corrected chi connectivity index (χ0v) is 9.82. The molecule has 0 saturated carbocycles. The first kappa shape index (κ1) is 12.9. The number of aliphatic imine (C=N–C) groups is 1.